The normalized spacial score (nSPS) is 11.7. The fourth-order valence-electron chi connectivity index (χ4n) is 2.98. The van der Waals surface area contributed by atoms with Crippen LogP contribution >= 0.6 is 0 Å². The molecule has 3 nitrogen and oxygen atoms in total. The molecule has 2 aromatic carbocycles. The van der Waals surface area contributed by atoms with E-state index in [-0.39, 0.29) is 0 Å². The van der Waals surface area contributed by atoms with Crippen LogP contribution in [0.1, 0.15) is 19.4 Å². The third-order valence-corrected chi connectivity index (χ3v) is 3.85. The molecule has 23 heavy (non-hydrogen) atoms. The Labute approximate surface area is 136 Å². The first-order chi connectivity index (χ1) is 10.9. The molecule has 3 aromatic rings. The van der Waals surface area contributed by atoms with Crippen LogP contribution in [-0.2, 0) is 7.05 Å². The van der Waals surface area contributed by atoms with E-state index in [0.29, 0.717) is 5.75 Å². The average molecular weight is 307 g/mol. The van der Waals surface area contributed by atoms with E-state index in [1.54, 1.807) is 13.8 Å². The molecule has 0 fully saturated rings. The largest absolute Gasteiger partial charge is 0.462 e. The summed E-state index contributed by atoms with van der Waals surface area (Å²) in [5.41, 5.74) is 4.16. The quantitative estimate of drug-likeness (QED) is 0.715. The molecule has 0 atom stereocenters. The molecule has 1 N–H and O–H groups in total. The summed E-state index contributed by atoms with van der Waals surface area (Å²) in [5.74, 6) is -0.594. The third-order valence-electron chi connectivity index (χ3n) is 3.85. The van der Waals surface area contributed by atoms with Crippen LogP contribution in [0, 0.1) is 0 Å². The Bertz CT molecular complexity index is 869. The van der Waals surface area contributed by atoms with E-state index < -0.39 is 5.79 Å². The molecule has 3 rings (SSSR count). The van der Waals surface area contributed by atoms with Crippen LogP contribution < -0.4 is 4.74 Å². The maximum Gasteiger partial charge on any atom is 0.202 e. The number of para-hydroxylation sites is 2. The van der Waals surface area contributed by atoms with Crippen LogP contribution in [0.15, 0.2) is 55.1 Å². The second-order valence-corrected chi connectivity index (χ2v) is 6.09. The van der Waals surface area contributed by atoms with Crippen LogP contribution in [0.4, 0.5) is 0 Å². The number of ether oxygens (including phenoxy) is 1. The van der Waals surface area contributed by atoms with Crippen molar-refractivity contribution in [2.75, 3.05) is 0 Å². The number of aryl methyl sites for hydroxylation is 1. The van der Waals surface area contributed by atoms with E-state index in [1.165, 1.54) is 0 Å². The predicted octanol–water partition coefficient (Wildman–Crippen LogP) is 4.60. The molecule has 0 spiro atoms. The minimum absolute atomic E-state index is 0.647. The highest BCUT2D eigenvalue weighted by Crippen LogP contribution is 2.39. The van der Waals surface area contributed by atoms with Crippen molar-refractivity contribution in [3.05, 3.63) is 60.7 Å². The Balaban J connectivity index is 2.30. The second-order valence-electron chi connectivity index (χ2n) is 6.09. The van der Waals surface area contributed by atoms with Crippen LogP contribution in [0.2, 0.25) is 0 Å². The van der Waals surface area contributed by atoms with Crippen molar-refractivity contribution < 1.29 is 9.84 Å². The topological polar surface area (TPSA) is 34.4 Å². The summed E-state index contributed by atoms with van der Waals surface area (Å²) in [6, 6.07) is 16.0. The summed E-state index contributed by atoms with van der Waals surface area (Å²) in [4.78, 5) is 0. The number of aliphatic hydroxyl groups is 1. The van der Waals surface area contributed by atoms with Crippen molar-refractivity contribution in [1.29, 1.82) is 0 Å². The highest BCUT2D eigenvalue weighted by atomic mass is 16.6. The number of benzene rings is 2. The van der Waals surface area contributed by atoms with Gasteiger partial charge in [-0.3, -0.25) is 0 Å². The van der Waals surface area contributed by atoms with Crippen LogP contribution in [0.25, 0.3) is 28.2 Å². The number of aromatic nitrogens is 1. The Morgan fingerprint density at radius 2 is 1.74 bits per heavy atom. The minimum Gasteiger partial charge on any atom is -0.462 e. The maximum atomic E-state index is 10.0. The van der Waals surface area contributed by atoms with Gasteiger partial charge in [-0.2, -0.15) is 0 Å². The molecular formula is C20H21NO2. The van der Waals surface area contributed by atoms with Crippen molar-refractivity contribution in [2.24, 2.45) is 7.05 Å². The number of hydrogen-bond acceptors (Lipinski definition) is 2. The van der Waals surface area contributed by atoms with Crippen molar-refractivity contribution in [2.45, 2.75) is 19.6 Å². The summed E-state index contributed by atoms with van der Waals surface area (Å²) in [6.45, 7) is 7.23. The van der Waals surface area contributed by atoms with Gasteiger partial charge in [0.15, 0.2) is 0 Å². The molecule has 0 bridgehead atoms. The Morgan fingerprint density at radius 1 is 1.09 bits per heavy atom. The molecule has 1 aromatic heterocycles. The van der Waals surface area contributed by atoms with Gasteiger partial charge in [0.05, 0.1) is 5.69 Å². The number of fused-ring (bicyclic) bond motifs is 1. The van der Waals surface area contributed by atoms with Gasteiger partial charge in [0.25, 0.3) is 0 Å². The molecule has 118 valence electrons. The van der Waals surface area contributed by atoms with Gasteiger partial charge in [0.2, 0.25) is 5.79 Å². The van der Waals surface area contributed by atoms with E-state index in [9.17, 15) is 5.11 Å². The summed E-state index contributed by atoms with van der Waals surface area (Å²) < 4.78 is 7.88. The van der Waals surface area contributed by atoms with E-state index in [4.69, 9.17) is 4.74 Å². The highest BCUT2D eigenvalue weighted by molar-refractivity contribution is 5.98. The van der Waals surface area contributed by atoms with Crippen molar-refractivity contribution in [3.8, 4) is 17.0 Å². The molecule has 0 unspecified atom stereocenters. The van der Waals surface area contributed by atoms with Crippen LogP contribution in [-0.4, -0.2) is 15.5 Å². The maximum absolute atomic E-state index is 10.0. The van der Waals surface area contributed by atoms with E-state index in [2.05, 4.69) is 23.3 Å². The zero-order chi connectivity index (χ0) is 16.6. The van der Waals surface area contributed by atoms with Gasteiger partial charge in [-0.05, 0) is 18.2 Å². The first-order valence-corrected chi connectivity index (χ1v) is 7.63. The first-order valence-electron chi connectivity index (χ1n) is 7.63. The Kier molecular flexibility index (Phi) is 3.74. The minimum atomic E-state index is -1.24. The Hall–Kier alpha value is -2.52. The lowest BCUT2D eigenvalue weighted by Gasteiger charge is -2.22. The van der Waals surface area contributed by atoms with Crippen LogP contribution in [0.5, 0.6) is 5.75 Å². The average Bonchev–Trinajstić information content (AvgIpc) is 2.79. The smallest absolute Gasteiger partial charge is 0.202 e. The van der Waals surface area contributed by atoms with Crippen molar-refractivity contribution >= 4 is 17.0 Å². The van der Waals surface area contributed by atoms with Gasteiger partial charge in [-0.25, -0.2) is 0 Å². The van der Waals surface area contributed by atoms with Gasteiger partial charge < -0.3 is 14.4 Å². The summed E-state index contributed by atoms with van der Waals surface area (Å²) >= 11 is 0. The zero-order valence-electron chi connectivity index (χ0n) is 13.7. The molecule has 0 amide bonds. The molecular weight excluding hydrogens is 286 g/mol. The molecule has 0 aliphatic heterocycles. The highest BCUT2D eigenvalue weighted by Gasteiger charge is 2.21. The van der Waals surface area contributed by atoms with E-state index >= 15 is 0 Å². The number of hydrogen-bond donors (Lipinski definition) is 1. The van der Waals surface area contributed by atoms with Gasteiger partial charge in [-0.15, -0.1) is 0 Å². The van der Waals surface area contributed by atoms with Crippen LogP contribution in [0.3, 0.4) is 0 Å². The molecule has 0 aliphatic rings. The van der Waals surface area contributed by atoms with Gasteiger partial charge in [0.1, 0.15) is 5.75 Å². The van der Waals surface area contributed by atoms with Gasteiger partial charge in [-0.1, -0.05) is 43.0 Å². The summed E-state index contributed by atoms with van der Waals surface area (Å²) in [6.07, 6.45) is 1.87. The monoisotopic (exact) mass is 307 g/mol. The fourth-order valence-corrected chi connectivity index (χ4v) is 2.98. The standard InChI is InChI=1S/C20H21NO2/c1-5-14-15-10-6-8-12-17(15)21(4)19(14)16-11-7-9-13-18(16)23-20(2,3)22/h5-13,22H,1H2,2-4H3. The van der Waals surface area contributed by atoms with Gasteiger partial charge >= 0.3 is 0 Å². The van der Waals surface area contributed by atoms with Crippen molar-refractivity contribution in [3.63, 3.8) is 0 Å². The molecule has 0 radical (unpaired) electrons. The molecule has 0 saturated carbocycles. The van der Waals surface area contributed by atoms with Crippen molar-refractivity contribution in [1.82, 2.24) is 4.57 Å². The van der Waals surface area contributed by atoms with E-state index in [1.807, 2.05) is 49.5 Å². The number of nitrogens with zero attached hydrogens (tertiary/aromatic N) is 1. The Morgan fingerprint density at radius 3 is 2.43 bits per heavy atom. The molecule has 0 saturated heterocycles. The number of rotatable bonds is 4. The fraction of sp³-hybridized carbons (Fsp3) is 0.200. The second kappa shape index (κ2) is 5.60. The van der Waals surface area contributed by atoms with E-state index in [0.717, 1.165) is 27.7 Å². The van der Waals surface area contributed by atoms with Gasteiger partial charge in [0, 0.05) is 42.9 Å². The molecule has 1 heterocycles. The summed E-state index contributed by atoms with van der Waals surface area (Å²) in [5, 5.41) is 11.2. The molecule has 3 heteroatoms. The lowest BCUT2D eigenvalue weighted by atomic mass is 10.0. The predicted molar refractivity (Wildman–Crippen MR) is 95.4 cm³/mol. The summed E-state index contributed by atoms with van der Waals surface area (Å²) in [7, 11) is 2.03. The third kappa shape index (κ3) is 2.76. The molecule has 0 aliphatic carbocycles. The SMILES string of the molecule is C=Cc1c(-c2ccccc2OC(C)(C)O)n(C)c2ccccc12. The lowest BCUT2D eigenvalue weighted by Crippen LogP contribution is -2.27. The first kappa shape index (κ1) is 15.4. The lowest BCUT2D eigenvalue weighted by molar-refractivity contribution is -0.104. The zero-order valence-corrected chi connectivity index (χ0v) is 13.7.